The summed E-state index contributed by atoms with van der Waals surface area (Å²) in [7, 11) is 4.05. The Kier molecular flexibility index (Phi) is 5.77. The number of carbonyl (C=O) groups excluding carboxylic acids is 1. The second-order valence-corrected chi connectivity index (χ2v) is 6.17. The van der Waals surface area contributed by atoms with Crippen molar-refractivity contribution in [3.8, 4) is 0 Å². The van der Waals surface area contributed by atoms with Gasteiger partial charge in [0.25, 0.3) is 0 Å². The van der Waals surface area contributed by atoms with Gasteiger partial charge < -0.3 is 16.0 Å². The van der Waals surface area contributed by atoms with Gasteiger partial charge in [-0.05, 0) is 43.3 Å². The first-order valence-electron chi connectivity index (χ1n) is 7.83. The van der Waals surface area contributed by atoms with Crippen LogP contribution < -0.4 is 11.1 Å². The summed E-state index contributed by atoms with van der Waals surface area (Å²) in [6, 6.07) is 16.0. The number of anilines is 1. The zero-order valence-electron chi connectivity index (χ0n) is 14.0. The molecule has 0 bridgehead atoms. The smallest absolute Gasteiger partial charge is 0.248 e. The van der Waals surface area contributed by atoms with Crippen molar-refractivity contribution in [2.24, 2.45) is 5.73 Å². The maximum absolute atomic E-state index is 11.4. The largest absolute Gasteiger partial charge is 0.384 e. The van der Waals surface area contributed by atoms with Crippen LogP contribution in [-0.2, 0) is 6.54 Å². The quantitative estimate of drug-likeness (QED) is 0.826. The Hall–Kier alpha value is -2.33. The summed E-state index contributed by atoms with van der Waals surface area (Å²) >= 11 is 0. The number of nitrogens with one attached hydrogen (secondary N) is 1. The van der Waals surface area contributed by atoms with E-state index in [4.69, 9.17) is 5.73 Å². The Bertz CT molecular complexity index is 653. The third kappa shape index (κ3) is 4.83. The van der Waals surface area contributed by atoms with Crippen LogP contribution in [-0.4, -0.2) is 31.4 Å². The molecule has 2 rings (SSSR count). The lowest BCUT2D eigenvalue weighted by atomic mass is 10.0. The minimum atomic E-state index is -0.402. The van der Waals surface area contributed by atoms with Gasteiger partial charge in [-0.15, -0.1) is 0 Å². The summed E-state index contributed by atoms with van der Waals surface area (Å²) in [5.74, 6) is -0.0267. The molecule has 122 valence electrons. The van der Waals surface area contributed by atoms with Crippen molar-refractivity contribution in [1.82, 2.24) is 4.90 Å². The molecule has 0 aromatic heterocycles. The van der Waals surface area contributed by atoms with E-state index in [9.17, 15) is 4.79 Å². The van der Waals surface area contributed by atoms with E-state index < -0.39 is 5.91 Å². The second-order valence-electron chi connectivity index (χ2n) is 6.17. The highest BCUT2D eigenvalue weighted by Gasteiger charge is 2.10. The highest BCUT2D eigenvalue weighted by molar-refractivity contribution is 5.94. The molecule has 0 saturated heterocycles. The van der Waals surface area contributed by atoms with E-state index in [2.05, 4.69) is 41.4 Å². The molecule has 0 radical (unpaired) electrons. The minimum absolute atomic E-state index is 0.376. The lowest BCUT2D eigenvalue weighted by Gasteiger charge is -2.19. The van der Waals surface area contributed by atoms with Crippen LogP contribution in [0.3, 0.4) is 0 Å². The number of nitrogens with zero attached hydrogens (tertiary/aromatic N) is 1. The number of hydrogen-bond donors (Lipinski definition) is 2. The monoisotopic (exact) mass is 311 g/mol. The van der Waals surface area contributed by atoms with Crippen molar-refractivity contribution in [2.45, 2.75) is 19.4 Å². The predicted octanol–water partition coefficient (Wildman–Crippen LogP) is 3.06. The number of nitrogens with two attached hydrogens (primary N) is 1. The normalized spacial score (nSPS) is 12.2. The molecule has 0 spiro atoms. The van der Waals surface area contributed by atoms with Gasteiger partial charge in [0.2, 0.25) is 5.91 Å². The molecule has 3 N–H and O–H groups in total. The molecule has 23 heavy (non-hydrogen) atoms. The molecule has 0 aliphatic rings. The van der Waals surface area contributed by atoms with E-state index in [0.29, 0.717) is 11.5 Å². The zero-order valence-corrected chi connectivity index (χ0v) is 14.0. The second kappa shape index (κ2) is 7.79. The molecular formula is C19H25N3O. The van der Waals surface area contributed by atoms with Crippen LogP contribution in [0, 0.1) is 0 Å². The molecule has 0 heterocycles. The first kappa shape index (κ1) is 17.0. The third-order valence-corrected chi connectivity index (χ3v) is 3.85. The molecule has 0 aliphatic carbocycles. The van der Waals surface area contributed by atoms with Gasteiger partial charge in [-0.2, -0.15) is 0 Å². The maximum Gasteiger partial charge on any atom is 0.248 e. The summed E-state index contributed by atoms with van der Waals surface area (Å²) in [6.45, 7) is 3.79. The Morgan fingerprint density at radius 3 is 2.48 bits per heavy atom. The molecule has 4 heteroatoms. The number of carbonyl (C=O) groups is 1. The van der Waals surface area contributed by atoms with Crippen molar-refractivity contribution >= 4 is 11.6 Å². The van der Waals surface area contributed by atoms with E-state index in [1.807, 2.05) is 32.3 Å². The maximum atomic E-state index is 11.4. The van der Waals surface area contributed by atoms with Crippen molar-refractivity contribution < 1.29 is 4.79 Å². The van der Waals surface area contributed by atoms with Gasteiger partial charge in [-0.25, -0.2) is 0 Å². The summed E-state index contributed by atoms with van der Waals surface area (Å²) in [4.78, 5) is 13.5. The van der Waals surface area contributed by atoms with Gasteiger partial charge in [-0.3, -0.25) is 4.79 Å². The van der Waals surface area contributed by atoms with Gasteiger partial charge in [0.05, 0.1) is 0 Å². The van der Waals surface area contributed by atoms with Crippen LogP contribution in [0.15, 0.2) is 48.5 Å². The summed E-state index contributed by atoms with van der Waals surface area (Å²) in [5.41, 5.74) is 9.35. The molecular weight excluding hydrogens is 286 g/mol. The summed E-state index contributed by atoms with van der Waals surface area (Å²) in [6.07, 6.45) is 0. The number of rotatable bonds is 7. The average Bonchev–Trinajstić information content (AvgIpc) is 2.53. The topological polar surface area (TPSA) is 58.4 Å². The lowest BCUT2D eigenvalue weighted by Crippen LogP contribution is -2.17. The lowest BCUT2D eigenvalue weighted by molar-refractivity contribution is 0.100. The number of hydrogen-bond acceptors (Lipinski definition) is 3. The fraction of sp³-hybridized carbons (Fsp3) is 0.316. The van der Waals surface area contributed by atoms with Crippen LogP contribution >= 0.6 is 0 Å². The Morgan fingerprint density at radius 1 is 1.17 bits per heavy atom. The standard InChI is InChI=1S/C19H25N3O/c1-14(15-7-5-4-6-8-15)12-21-18-11-16(19(20)23)9-10-17(18)13-22(2)3/h4-11,14,21H,12-13H2,1-3H3,(H2,20,23)/t14-/m0/s1. The first-order valence-corrected chi connectivity index (χ1v) is 7.83. The predicted molar refractivity (Wildman–Crippen MR) is 95.7 cm³/mol. The molecule has 1 atom stereocenters. The van der Waals surface area contributed by atoms with Crippen molar-refractivity contribution in [2.75, 3.05) is 26.0 Å². The highest BCUT2D eigenvalue weighted by atomic mass is 16.1. The van der Waals surface area contributed by atoms with Crippen LogP contribution in [0.5, 0.6) is 0 Å². The van der Waals surface area contributed by atoms with Gasteiger partial charge in [0, 0.05) is 24.3 Å². The van der Waals surface area contributed by atoms with Crippen molar-refractivity contribution in [3.63, 3.8) is 0 Å². The van der Waals surface area contributed by atoms with Gasteiger partial charge in [-0.1, -0.05) is 43.3 Å². The van der Waals surface area contributed by atoms with Crippen LogP contribution in [0.1, 0.15) is 34.3 Å². The van der Waals surface area contributed by atoms with Crippen molar-refractivity contribution in [3.05, 3.63) is 65.2 Å². The number of primary amides is 1. The minimum Gasteiger partial charge on any atom is -0.384 e. The van der Waals surface area contributed by atoms with E-state index in [-0.39, 0.29) is 0 Å². The molecule has 1 amide bonds. The van der Waals surface area contributed by atoms with Gasteiger partial charge in [0.1, 0.15) is 0 Å². The number of benzene rings is 2. The molecule has 4 nitrogen and oxygen atoms in total. The van der Waals surface area contributed by atoms with Gasteiger partial charge >= 0.3 is 0 Å². The first-order chi connectivity index (χ1) is 11.0. The molecule has 2 aromatic carbocycles. The van der Waals surface area contributed by atoms with E-state index >= 15 is 0 Å². The van der Waals surface area contributed by atoms with E-state index in [1.165, 1.54) is 5.56 Å². The molecule has 0 aliphatic heterocycles. The highest BCUT2D eigenvalue weighted by Crippen LogP contribution is 2.21. The van der Waals surface area contributed by atoms with Crippen LogP contribution in [0.4, 0.5) is 5.69 Å². The number of amides is 1. The van der Waals surface area contributed by atoms with Crippen molar-refractivity contribution in [1.29, 1.82) is 0 Å². The SMILES string of the molecule is C[C@@H](CNc1cc(C(N)=O)ccc1CN(C)C)c1ccccc1. The third-order valence-electron chi connectivity index (χ3n) is 3.85. The summed E-state index contributed by atoms with van der Waals surface area (Å²) in [5, 5.41) is 3.48. The molecule has 0 fully saturated rings. The van der Waals surface area contributed by atoms with Crippen LogP contribution in [0.2, 0.25) is 0 Å². The fourth-order valence-electron chi connectivity index (χ4n) is 2.54. The average molecular weight is 311 g/mol. The molecule has 2 aromatic rings. The van der Waals surface area contributed by atoms with Gasteiger partial charge in [0.15, 0.2) is 0 Å². The molecule has 0 unspecified atom stereocenters. The fourth-order valence-corrected chi connectivity index (χ4v) is 2.54. The zero-order chi connectivity index (χ0) is 16.8. The van der Waals surface area contributed by atoms with E-state index in [1.54, 1.807) is 6.07 Å². The summed E-state index contributed by atoms with van der Waals surface area (Å²) < 4.78 is 0. The Balaban J connectivity index is 2.16. The van der Waals surface area contributed by atoms with E-state index in [0.717, 1.165) is 24.3 Å². The van der Waals surface area contributed by atoms with Crippen LogP contribution in [0.25, 0.3) is 0 Å². The Labute approximate surface area is 138 Å². The molecule has 0 saturated carbocycles. The Morgan fingerprint density at radius 2 is 1.87 bits per heavy atom.